The van der Waals surface area contributed by atoms with Crippen molar-refractivity contribution in [3.05, 3.63) is 52.4 Å². The largest absolute Gasteiger partial charge is 0.350 e. The maximum Gasteiger partial charge on any atom is 0.0483 e. The fraction of sp³-hybridized carbons (Fsp3) is 0.455. The van der Waals surface area contributed by atoms with Crippen molar-refractivity contribution in [2.75, 3.05) is 0 Å². The summed E-state index contributed by atoms with van der Waals surface area (Å²) >= 11 is 1.83. The van der Waals surface area contributed by atoms with Gasteiger partial charge in [-0.25, -0.2) is 0 Å². The average molecular weight is 340 g/mol. The second-order valence-corrected chi connectivity index (χ2v) is 8.85. The van der Waals surface area contributed by atoms with Crippen LogP contribution >= 0.6 is 11.8 Å². The monoisotopic (exact) mass is 339 g/mol. The standard InChI is InChI=1S/C22H29NS/c1-22(2,3)19-11-9-17(10-12-19)16-24-14-13-18-15-23(4)21-8-6-5-7-20(18)21/h5-8,13-16,19H,9-12H2,1-4H3/b14-13+,17-16?. The lowest BCUT2D eigenvalue weighted by atomic mass is 9.71. The van der Waals surface area contributed by atoms with E-state index >= 15 is 0 Å². The molecule has 0 atom stereocenters. The van der Waals surface area contributed by atoms with Crippen LogP contribution in [0.25, 0.3) is 17.0 Å². The van der Waals surface area contributed by atoms with E-state index in [4.69, 9.17) is 0 Å². The van der Waals surface area contributed by atoms with Crippen molar-refractivity contribution >= 4 is 28.7 Å². The number of aryl methyl sites for hydroxylation is 1. The fourth-order valence-electron chi connectivity index (χ4n) is 3.73. The summed E-state index contributed by atoms with van der Waals surface area (Å²) in [5, 5.41) is 5.93. The van der Waals surface area contributed by atoms with E-state index in [9.17, 15) is 0 Å². The minimum absolute atomic E-state index is 0.465. The Morgan fingerprint density at radius 1 is 1.12 bits per heavy atom. The Morgan fingerprint density at radius 2 is 1.83 bits per heavy atom. The first kappa shape index (κ1) is 17.4. The highest BCUT2D eigenvalue weighted by Crippen LogP contribution is 2.40. The van der Waals surface area contributed by atoms with E-state index in [1.165, 1.54) is 42.1 Å². The number of nitrogens with zero attached hydrogens (tertiary/aromatic N) is 1. The summed E-state index contributed by atoms with van der Waals surface area (Å²) in [5.41, 5.74) is 4.69. The smallest absolute Gasteiger partial charge is 0.0483 e. The summed E-state index contributed by atoms with van der Waals surface area (Å²) in [6.45, 7) is 7.15. The molecule has 0 aliphatic heterocycles. The average Bonchev–Trinajstić information content (AvgIpc) is 2.88. The van der Waals surface area contributed by atoms with Gasteiger partial charge in [0, 0.05) is 29.7 Å². The van der Waals surface area contributed by atoms with Crippen LogP contribution in [-0.2, 0) is 7.05 Å². The topological polar surface area (TPSA) is 4.93 Å². The van der Waals surface area contributed by atoms with Gasteiger partial charge in [0.05, 0.1) is 0 Å². The zero-order valence-corrected chi connectivity index (χ0v) is 16.2. The molecule has 24 heavy (non-hydrogen) atoms. The number of thioether (sulfide) groups is 1. The lowest BCUT2D eigenvalue weighted by molar-refractivity contribution is 0.197. The number of para-hydroxylation sites is 1. The lowest BCUT2D eigenvalue weighted by Gasteiger charge is -2.34. The van der Waals surface area contributed by atoms with Crippen molar-refractivity contribution in [2.24, 2.45) is 18.4 Å². The first-order valence-electron chi connectivity index (χ1n) is 8.99. The molecule has 128 valence electrons. The van der Waals surface area contributed by atoms with Crippen LogP contribution in [0, 0.1) is 11.3 Å². The lowest BCUT2D eigenvalue weighted by Crippen LogP contribution is -2.23. The molecule has 0 radical (unpaired) electrons. The fourth-order valence-corrected chi connectivity index (χ4v) is 4.46. The van der Waals surface area contributed by atoms with Crippen molar-refractivity contribution in [3.63, 3.8) is 0 Å². The van der Waals surface area contributed by atoms with Crippen LogP contribution in [0.1, 0.15) is 52.0 Å². The number of benzene rings is 1. The molecule has 1 fully saturated rings. The Hall–Kier alpha value is -1.41. The Kier molecular flexibility index (Phi) is 5.24. The van der Waals surface area contributed by atoms with Crippen LogP contribution in [-0.4, -0.2) is 4.57 Å². The van der Waals surface area contributed by atoms with Gasteiger partial charge in [-0.3, -0.25) is 0 Å². The minimum atomic E-state index is 0.465. The Balaban J connectivity index is 1.59. The Bertz CT molecular complexity index is 748. The highest BCUT2D eigenvalue weighted by atomic mass is 32.2. The molecule has 1 aliphatic carbocycles. The van der Waals surface area contributed by atoms with Gasteiger partial charge in [-0.2, -0.15) is 0 Å². The third kappa shape index (κ3) is 3.97. The van der Waals surface area contributed by atoms with Gasteiger partial charge in [-0.1, -0.05) is 44.5 Å². The molecule has 1 nitrogen and oxygen atoms in total. The molecule has 0 bridgehead atoms. The van der Waals surface area contributed by atoms with E-state index in [1.807, 2.05) is 11.8 Å². The minimum Gasteiger partial charge on any atom is -0.350 e. The summed E-state index contributed by atoms with van der Waals surface area (Å²) in [5.74, 6) is 0.880. The summed E-state index contributed by atoms with van der Waals surface area (Å²) in [6.07, 6.45) is 9.70. The molecule has 1 aromatic heterocycles. The number of allylic oxidation sites excluding steroid dienone is 1. The zero-order valence-electron chi connectivity index (χ0n) is 15.4. The van der Waals surface area contributed by atoms with Crippen LogP contribution in [0.5, 0.6) is 0 Å². The van der Waals surface area contributed by atoms with Gasteiger partial charge in [-0.05, 0) is 60.0 Å². The summed E-state index contributed by atoms with van der Waals surface area (Å²) in [7, 11) is 2.11. The van der Waals surface area contributed by atoms with E-state index in [2.05, 4.69) is 79.7 Å². The van der Waals surface area contributed by atoms with Crippen LogP contribution in [0.3, 0.4) is 0 Å². The highest BCUT2D eigenvalue weighted by molar-refractivity contribution is 8.05. The van der Waals surface area contributed by atoms with E-state index < -0.39 is 0 Å². The second kappa shape index (κ2) is 7.23. The van der Waals surface area contributed by atoms with Gasteiger partial charge in [0.25, 0.3) is 0 Å². The maximum absolute atomic E-state index is 2.38. The van der Waals surface area contributed by atoms with E-state index in [0.29, 0.717) is 5.41 Å². The van der Waals surface area contributed by atoms with E-state index in [1.54, 1.807) is 5.57 Å². The first-order chi connectivity index (χ1) is 11.4. The number of aromatic nitrogens is 1. The molecule has 0 amide bonds. The van der Waals surface area contributed by atoms with E-state index in [0.717, 1.165) is 5.92 Å². The zero-order chi connectivity index (χ0) is 17.2. The molecule has 2 heteroatoms. The van der Waals surface area contributed by atoms with Gasteiger partial charge in [-0.15, -0.1) is 11.8 Å². The predicted molar refractivity (Wildman–Crippen MR) is 109 cm³/mol. The third-order valence-corrected chi connectivity index (χ3v) is 6.10. The van der Waals surface area contributed by atoms with Crippen LogP contribution in [0.15, 0.2) is 46.9 Å². The van der Waals surface area contributed by atoms with Crippen molar-refractivity contribution in [2.45, 2.75) is 46.5 Å². The normalized spacial score (nSPS) is 19.3. The first-order valence-corrected chi connectivity index (χ1v) is 9.93. The number of rotatable bonds is 3. The molecule has 0 spiro atoms. The second-order valence-electron chi connectivity index (χ2n) is 8.07. The molecule has 3 rings (SSSR count). The molecule has 0 unspecified atom stereocenters. The Morgan fingerprint density at radius 3 is 2.54 bits per heavy atom. The van der Waals surface area contributed by atoms with Gasteiger partial charge in [0.1, 0.15) is 0 Å². The summed E-state index contributed by atoms with van der Waals surface area (Å²) < 4.78 is 2.20. The van der Waals surface area contributed by atoms with Gasteiger partial charge < -0.3 is 4.57 Å². The molecular weight excluding hydrogens is 310 g/mol. The van der Waals surface area contributed by atoms with Crippen LogP contribution < -0.4 is 0 Å². The van der Waals surface area contributed by atoms with E-state index in [-0.39, 0.29) is 0 Å². The quantitative estimate of drug-likeness (QED) is 0.582. The molecule has 1 heterocycles. The molecule has 0 saturated heterocycles. The van der Waals surface area contributed by atoms with Crippen molar-refractivity contribution in [1.29, 1.82) is 0 Å². The van der Waals surface area contributed by atoms with Crippen molar-refractivity contribution in [3.8, 4) is 0 Å². The predicted octanol–water partition coefficient (Wildman–Crippen LogP) is 7.00. The van der Waals surface area contributed by atoms with Crippen LogP contribution in [0.2, 0.25) is 0 Å². The van der Waals surface area contributed by atoms with Crippen molar-refractivity contribution in [1.82, 2.24) is 4.57 Å². The molecule has 1 saturated carbocycles. The maximum atomic E-state index is 2.38. The molecule has 1 aromatic carbocycles. The molecule has 2 aromatic rings. The Labute approximate surface area is 150 Å². The van der Waals surface area contributed by atoms with Gasteiger partial charge in [0.15, 0.2) is 0 Å². The summed E-state index contributed by atoms with van der Waals surface area (Å²) in [6, 6.07) is 8.59. The van der Waals surface area contributed by atoms with Gasteiger partial charge >= 0.3 is 0 Å². The molecular formula is C22H29NS. The number of hydrogen-bond donors (Lipinski definition) is 0. The SMILES string of the molecule is Cn1cc(/C=C/SC=C2CCC(C(C)(C)C)CC2)c2ccccc21. The number of hydrogen-bond acceptors (Lipinski definition) is 1. The summed E-state index contributed by atoms with van der Waals surface area (Å²) in [4.78, 5) is 0. The molecule has 1 aliphatic rings. The molecule has 0 N–H and O–H groups in total. The number of fused-ring (bicyclic) bond motifs is 1. The van der Waals surface area contributed by atoms with Crippen molar-refractivity contribution < 1.29 is 0 Å². The van der Waals surface area contributed by atoms with Gasteiger partial charge in [0.2, 0.25) is 0 Å². The van der Waals surface area contributed by atoms with Crippen LogP contribution in [0.4, 0.5) is 0 Å². The third-order valence-electron chi connectivity index (χ3n) is 5.34. The highest BCUT2D eigenvalue weighted by Gasteiger charge is 2.27.